The van der Waals surface area contributed by atoms with Gasteiger partial charge in [0.1, 0.15) is 0 Å². The van der Waals surface area contributed by atoms with Crippen molar-refractivity contribution in [3.05, 3.63) is 21.1 Å². The number of nitro groups is 1. The largest absolute Gasteiger partial charge is 0.388 e. The molecule has 0 amide bonds. The molecule has 1 aliphatic rings. The number of sulfone groups is 1. The summed E-state index contributed by atoms with van der Waals surface area (Å²) in [5.74, 6) is 0.123. The van der Waals surface area contributed by atoms with Gasteiger partial charge in [-0.05, 0) is 13.3 Å². The molecule has 2 rings (SSSR count). The molecule has 9 heteroatoms. The molecular formula is C11H16N2O5S2. The van der Waals surface area contributed by atoms with E-state index in [1.807, 2.05) is 0 Å². The average molecular weight is 320 g/mol. The van der Waals surface area contributed by atoms with Gasteiger partial charge in [0.2, 0.25) is 0 Å². The average Bonchev–Trinajstić information content (AvgIpc) is 2.71. The van der Waals surface area contributed by atoms with Crippen molar-refractivity contribution in [3.63, 3.8) is 0 Å². The van der Waals surface area contributed by atoms with Crippen molar-refractivity contribution >= 4 is 31.9 Å². The second kappa shape index (κ2) is 5.66. The number of hydrogen-bond donors (Lipinski definition) is 1. The van der Waals surface area contributed by atoms with E-state index < -0.39 is 20.9 Å². The Labute approximate surface area is 120 Å². The minimum atomic E-state index is -3.06. The number of thiophene rings is 1. The van der Waals surface area contributed by atoms with Gasteiger partial charge in [0.05, 0.1) is 22.5 Å². The standard InChI is InChI=1S/C11H16N2O5S2/c1-8(14)10-7-9(13(15)16)11(19-10)12-3-2-5-20(17,18)6-4-12/h7-8,14H,2-6H2,1H3/t8-/m1/s1. The van der Waals surface area contributed by atoms with Gasteiger partial charge >= 0.3 is 5.69 Å². The summed E-state index contributed by atoms with van der Waals surface area (Å²) in [4.78, 5) is 12.9. The van der Waals surface area contributed by atoms with Gasteiger partial charge in [-0.25, -0.2) is 8.42 Å². The molecule has 0 radical (unpaired) electrons. The zero-order valence-electron chi connectivity index (χ0n) is 11.0. The Bertz CT molecular complexity index is 608. The van der Waals surface area contributed by atoms with E-state index in [0.717, 1.165) is 11.3 Å². The van der Waals surface area contributed by atoms with Crippen molar-refractivity contribution in [1.82, 2.24) is 0 Å². The maximum absolute atomic E-state index is 11.6. The number of rotatable bonds is 3. The van der Waals surface area contributed by atoms with Crippen LogP contribution in [-0.2, 0) is 9.84 Å². The van der Waals surface area contributed by atoms with Crippen LogP contribution in [0.5, 0.6) is 0 Å². The van der Waals surface area contributed by atoms with Gasteiger partial charge in [-0.2, -0.15) is 0 Å². The first kappa shape index (κ1) is 15.2. The normalized spacial score (nSPS) is 20.4. The Balaban J connectivity index is 2.33. The van der Waals surface area contributed by atoms with Crippen LogP contribution in [0.3, 0.4) is 0 Å². The molecule has 1 fully saturated rings. The molecule has 20 heavy (non-hydrogen) atoms. The molecule has 1 N–H and O–H groups in total. The molecule has 0 unspecified atom stereocenters. The van der Waals surface area contributed by atoms with Crippen molar-refractivity contribution in [2.45, 2.75) is 19.4 Å². The molecule has 1 atom stereocenters. The fourth-order valence-corrected chi connectivity index (χ4v) is 4.48. The van der Waals surface area contributed by atoms with E-state index in [9.17, 15) is 23.6 Å². The highest BCUT2D eigenvalue weighted by molar-refractivity contribution is 7.91. The van der Waals surface area contributed by atoms with Gasteiger partial charge in [-0.1, -0.05) is 0 Å². The number of aliphatic hydroxyl groups excluding tert-OH is 1. The molecule has 2 heterocycles. The molecule has 0 aromatic carbocycles. The van der Waals surface area contributed by atoms with Crippen LogP contribution in [-0.4, -0.2) is 43.0 Å². The van der Waals surface area contributed by atoms with Crippen molar-refractivity contribution in [2.24, 2.45) is 0 Å². The van der Waals surface area contributed by atoms with Crippen molar-refractivity contribution in [2.75, 3.05) is 29.5 Å². The van der Waals surface area contributed by atoms with E-state index in [1.54, 1.807) is 11.8 Å². The van der Waals surface area contributed by atoms with Crippen LogP contribution >= 0.6 is 11.3 Å². The SMILES string of the molecule is C[C@@H](O)c1cc([N+](=O)[O-])c(N2CCCS(=O)(=O)CC2)s1. The quantitative estimate of drug-likeness (QED) is 0.666. The number of nitrogens with zero attached hydrogens (tertiary/aromatic N) is 2. The lowest BCUT2D eigenvalue weighted by Gasteiger charge is -2.19. The maximum atomic E-state index is 11.6. The lowest BCUT2D eigenvalue weighted by molar-refractivity contribution is -0.383. The Morgan fingerprint density at radius 1 is 1.45 bits per heavy atom. The summed E-state index contributed by atoms with van der Waals surface area (Å²) < 4.78 is 23.2. The van der Waals surface area contributed by atoms with Crippen LogP contribution in [0, 0.1) is 10.1 Å². The summed E-state index contributed by atoms with van der Waals surface area (Å²) in [5.41, 5.74) is -0.0646. The van der Waals surface area contributed by atoms with Gasteiger partial charge in [0, 0.05) is 24.0 Å². The van der Waals surface area contributed by atoms with Crippen molar-refractivity contribution in [1.29, 1.82) is 0 Å². The number of hydrogen-bond acceptors (Lipinski definition) is 7. The van der Waals surface area contributed by atoms with E-state index in [0.29, 0.717) is 22.8 Å². The molecular weight excluding hydrogens is 304 g/mol. The Morgan fingerprint density at radius 2 is 2.15 bits per heavy atom. The second-order valence-electron chi connectivity index (χ2n) is 4.76. The fraction of sp³-hybridized carbons (Fsp3) is 0.636. The summed E-state index contributed by atoms with van der Waals surface area (Å²) in [6, 6.07) is 1.37. The van der Waals surface area contributed by atoms with Crippen molar-refractivity contribution < 1.29 is 18.4 Å². The van der Waals surface area contributed by atoms with E-state index in [2.05, 4.69) is 0 Å². The fourth-order valence-electron chi connectivity index (χ4n) is 2.09. The zero-order valence-corrected chi connectivity index (χ0v) is 12.6. The van der Waals surface area contributed by atoms with E-state index in [4.69, 9.17) is 0 Å². The zero-order chi connectivity index (χ0) is 14.9. The first-order valence-electron chi connectivity index (χ1n) is 6.22. The van der Waals surface area contributed by atoms with Crippen LogP contribution in [0.4, 0.5) is 10.7 Å². The Hall–Kier alpha value is -1.19. The van der Waals surface area contributed by atoms with Gasteiger partial charge in [0.15, 0.2) is 14.8 Å². The molecule has 7 nitrogen and oxygen atoms in total. The van der Waals surface area contributed by atoms with E-state index in [1.165, 1.54) is 6.07 Å². The third-order valence-corrected chi connectivity index (χ3v) is 6.23. The third-order valence-electron chi connectivity index (χ3n) is 3.16. The Kier molecular flexibility index (Phi) is 4.31. The van der Waals surface area contributed by atoms with Crippen LogP contribution in [0.1, 0.15) is 24.3 Å². The van der Waals surface area contributed by atoms with Crippen LogP contribution in [0.25, 0.3) is 0 Å². The lowest BCUT2D eigenvalue weighted by atomic mass is 10.3. The van der Waals surface area contributed by atoms with Gasteiger partial charge in [-0.3, -0.25) is 10.1 Å². The predicted molar refractivity (Wildman–Crippen MR) is 77.1 cm³/mol. The van der Waals surface area contributed by atoms with Crippen molar-refractivity contribution in [3.8, 4) is 0 Å². The molecule has 1 aliphatic heterocycles. The van der Waals surface area contributed by atoms with Crippen LogP contribution in [0.2, 0.25) is 0 Å². The maximum Gasteiger partial charge on any atom is 0.304 e. The highest BCUT2D eigenvalue weighted by Gasteiger charge is 2.28. The summed E-state index contributed by atoms with van der Waals surface area (Å²) in [5, 5.41) is 21.1. The highest BCUT2D eigenvalue weighted by Crippen LogP contribution is 2.40. The first-order valence-corrected chi connectivity index (χ1v) is 8.85. The predicted octanol–water partition coefficient (Wildman–Crippen LogP) is 1.33. The van der Waals surface area contributed by atoms with E-state index >= 15 is 0 Å². The van der Waals surface area contributed by atoms with Crippen LogP contribution < -0.4 is 4.90 Å². The van der Waals surface area contributed by atoms with Gasteiger partial charge in [0.25, 0.3) is 0 Å². The summed E-state index contributed by atoms with van der Waals surface area (Å²) in [7, 11) is -3.06. The second-order valence-corrected chi connectivity index (χ2v) is 8.13. The minimum Gasteiger partial charge on any atom is -0.388 e. The molecule has 112 valence electrons. The molecule has 0 saturated carbocycles. The van der Waals surface area contributed by atoms with Crippen LogP contribution in [0.15, 0.2) is 6.07 Å². The third kappa shape index (κ3) is 3.28. The first-order chi connectivity index (χ1) is 9.30. The Morgan fingerprint density at radius 3 is 2.75 bits per heavy atom. The summed E-state index contributed by atoms with van der Waals surface area (Å²) >= 11 is 1.15. The molecule has 1 aromatic heterocycles. The summed E-state index contributed by atoms with van der Waals surface area (Å²) in [6.45, 7) is 2.27. The molecule has 0 aliphatic carbocycles. The molecule has 0 spiro atoms. The monoisotopic (exact) mass is 320 g/mol. The topological polar surface area (TPSA) is 101 Å². The molecule has 1 aromatic rings. The molecule has 0 bridgehead atoms. The molecule has 1 saturated heterocycles. The number of anilines is 1. The highest BCUT2D eigenvalue weighted by atomic mass is 32.2. The van der Waals surface area contributed by atoms with E-state index in [-0.39, 0.29) is 23.7 Å². The summed E-state index contributed by atoms with van der Waals surface area (Å²) in [6.07, 6.45) is -0.315. The minimum absolute atomic E-state index is 0.00602. The van der Waals surface area contributed by atoms with Gasteiger partial charge < -0.3 is 10.0 Å². The lowest BCUT2D eigenvalue weighted by Crippen LogP contribution is -2.26. The number of aliphatic hydroxyl groups is 1. The van der Waals surface area contributed by atoms with Gasteiger partial charge in [-0.15, -0.1) is 11.3 Å². The smallest absolute Gasteiger partial charge is 0.304 e.